The maximum absolute atomic E-state index is 12.1. The van der Waals surface area contributed by atoms with Crippen molar-refractivity contribution in [2.24, 2.45) is 0 Å². The predicted molar refractivity (Wildman–Crippen MR) is 84.8 cm³/mol. The molecule has 0 aliphatic carbocycles. The van der Waals surface area contributed by atoms with E-state index in [1.807, 2.05) is 35.8 Å². The molecule has 0 fully saturated rings. The van der Waals surface area contributed by atoms with Crippen molar-refractivity contribution in [2.45, 2.75) is 39.6 Å². The van der Waals surface area contributed by atoms with E-state index in [9.17, 15) is 4.79 Å². The molecule has 0 aliphatic rings. The first kappa shape index (κ1) is 17.0. The molecule has 7 heteroatoms. The van der Waals surface area contributed by atoms with Crippen LogP contribution in [0.3, 0.4) is 0 Å². The molecule has 1 aromatic heterocycles. The molecule has 0 unspecified atom stereocenters. The molecule has 1 atom stereocenters. The first-order valence-electron chi connectivity index (χ1n) is 7.53. The van der Waals surface area contributed by atoms with Crippen molar-refractivity contribution in [3.8, 4) is 5.75 Å². The Balaban J connectivity index is 1.80. The third-order valence-electron chi connectivity index (χ3n) is 3.46. The lowest BCUT2D eigenvalue weighted by molar-refractivity contribution is -0.132. The summed E-state index contributed by atoms with van der Waals surface area (Å²) in [5.74, 6) is 1.31. The van der Waals surface area contributed by atoms with Crippen LogP contribution in [-0.2, 0) is 29.2 Å². The van der Waals surface area contributed by atoms with Gasteiger partial charge in [0.2, 0.25) is 5.91 Å². The molecule has 1 aromatic carbocycles. The van der Waals surface area contributed by atoms with Crippen LogP contribution in [0.4, 0.5) is 0 Å². The minimum atomic E-state index is -0.556. The van der Waals surface area contributed by atoms with Gasteiger partial charge >= 0.3 is 0 Å². The van der Waals surface area contributed by atoms with Gasteiger partial charge in [-0.15, -0.1) is 10.2 Å². The number of amides is 1. The standard InChI is InChI=1S/C16H22N4O3/c1-4-20-11-18-19-15(20)9-17-16(21)12(2)23-10-13-6-5-7-14(8-13)22-3/h5-8,11-12H,4,9-10H2,1-3H3,(H,17,21)/t12-/m0/s1. The molecule has 2 aromatic rings. The van der Waals surface area contributed by atoms with Crippen molar-refractivity contribution < 1.29 is 14.3 Å². The van der Waals surface area contributed by atoms with Gasteiger partial charge < -0.3 is 19.4 Å². The highest BCUT2D eigenvalue weighted by molar-refractivity contribution is 5.80. The Morgan fingerprint density at radius 3 is 3.00 bits per heavy atom. The molecule has 7 nitrogen and oxygen atoms in total. The second-order valence-electron chi connectivity index (χ2n) is 5.06. The molecule has 2 rings (SSSR count). The van der Waals surface area contributed by atoms with Gasteiger partial charge in [-0.1, -0.05) is 12.1 Å². The molecule has 0 radical (unpaired) electrons. The molecule has 0 bridgehead atoms. The van der Waals surface area contributed by atoms with Gasteiger partial charge in [0.1, 0.15) is 18.2 Å². The van der Waals surface area contributed by atoms with Crippen LogP contribution in [0.25, 0.3) is 0 Å². The molecule has 0 aliphatic heterocycles. The largest absolute Gasteiger partial charge is 0.497 e. The van der Waals surface area contributed by atoms with Crippen LogP contribution >= 0.6 is 0 Å². The van der Waals surface area contributed by atoms with E-state index in [0.717, 1.165) is 23.7 Å². The van der Waals surface area contributed by atoms with Gasteiger partial charge in [0.25, 0.3) is 0 Å². The Labute approximate surface area is 135 Å². The first-order valence-corrected chi connectivity index (χ1v) is 7.53. The number of benzene rings is 1. The molecule has 23 heavy (non-hydrogen) atoms. The zero-order valence-electron chi connectivity index (χ0n) is 13.7. The van der Waals surface area contributed by atoms with E-state index < -0.39 is 6.10 Å². The number of hydrogen-bond acceptors (Lipinski definition) is 5. The monoisotopic (exact) mass is 318 g/mol. The van der Waals surface area contributed by atoms with E-state index in [1.54, 1.807) is 20.4 Å². The summed E-state index contributed by atoms with van der Waals surface area (Å²) in [6, 6.07) is 7.56. The van der Waals surface area contributed by atoms with Crippen molar-refractivity contribution in [2.75, 3.05) is 7.11 Å². The topological polar surface area (TPSA) is 78.3 Å². The molecule has 124 valence electrons. The van der Waals surface area contributed by atoms with Gasteiger partial charge in [0.15, 0.2) is 5.82 Å². The van der Waals surface area contributed by atoms with Crippen LogP contribution < -0.4 is 10.1 Å². The Hall–Kier alpha value is -2.41. The Morgan fingerprint density at radius 2 is 2.26 bits per heavy atom. The summed E-state index contributed by atoms with van der Waals surface area (Å²) in [5.41, 5.74) is 0.953. The SMILES string of the molecule is CCn1cnnc1CNC(=O)[C@H](C)OCc1cccc(OC)c1. The molecule has 1 N–H and O–H groups in total. The number of rotatable bonds is 8. The molecule has 0 saturated carbocycles. The third-order valence-corrected chi connectivity index (χ3v) is 3.46. The number of ether oxygens (including phenoxy) is 2. The highest BCUT2D eigenvalue weighted by Gasteiger charge is 2.14. The maximum Gasteiger partial charge on any atom is 0.249 e. The van der Waals surface area contributed by atoms with E-state index in [0.29, 0.717) is 13.2 Å². The fourth-order valence-electron chi connectivity index (χ4n) is 2.05. The first-order chi connectivity index (χ1) is 11.1. The third kappa shape index (κ3) is 4.79. The summed E-state index contributed by atoms with van der Waals surface area (Å²) >= 11 is 0. The maximum atomic E-state index is 12.1. The van der Waals surface area contributed by atoms with Gasteiger partial charge in [-0.25, -0.2) is 0 Å². The van der Waals surface area contributed by atoms with Gasteiger partial charge in [0.05, 0.1) is 20.3 Å². The smallest absolute Gasteiger partial charge is 0.249 e. The highest BCUT2D eigenvalue weighted by Crippen LogP contribution is 2.13. The predicted octanol–water partition coefficient (Wildman–Crippen LogP) is 1.53. The van der Waals surface area contributed by atoms with Gasteiger partial charge in [0, 0.05) is 6.54 Å². The van der Waals surface area contributed by atoms with E-state index in [4.69, 9.17) is 9.47 Å². The minimum Gasteiger partial charge on any atom is -0.497 e. The summed E-state index contributed by atoms with van der Waals surface area (Å²) in [6.45, 7) is 5.16. The number of aryl methyl sites for hydroxylation is 1. The van der Waals surface area contributed by atoms with Crippen molar-refractivity contribution in [1.82, 2.24) is 20.1 Å². The Bertz CT molecular complexity index is 642. The number of aromatic nitrogens is 3. The fourth-order valence-corrected chi connectivity index (χ4v) is 2.05. The lowest BCUT2D eigenvalue weighted by Gasteiger charge is -2.14. The average molecular weight is 318 g/mol. The normalized spacial score (nSPS) is 12.0. The molecular formula is C16H22N4O3. The second-order valence-corrected chi connectivity index (χ2v) is 5.06. The van der Waals surface area contributed by atoms with Crippen LogP contribution in [0.5, 0.6) is 5.75 Å². The summed E-state index contributed by atoms with van der Waals surface area (Å²) < 4.78 is 12.6. The lowest BCUT2D eigenvalue weighted by atomic mass is 10.2. The molecular weight excluding hydrogens is 296 g/mol. The van der Waals surface area contributed by atoms with Gasteiger partial charge in [-0.3, -0.25) is 4.79 Å². The van der Waals surface area contributed by atoms with Crippen LogP contribution in [0, 0.1) is 0 Å². The molecule has 1 amide bonds. The molecule has 0 saturated heterocycles. The average Bonchev–Trinajstić information content (AvgIpc) is 3.05. The van der Waals surface area contributed by atoms with Crippen LogP contribution in [0.15, 0.2) is 30.6 Å². The van der Waals surface area contributed by atoms with Gasteiger partial charge in [-0.05, 0) is 31.5 Å². The molecule has 0 spiro atoms. The summed E-state index contributed by atoms with van der Waals surface area (Å²) in [7, 11) is 1.62. The number of nitrogens with one attached hydrogen (secondary N) is 1. The minimum absolute atomic E-state index is 0.182. The number of carbonyl (C=O) groups is 1. The Kier molecular flexibility index (Phi) is 6.10. The highest BCUT2D eigenvalue weighted by atomic mass is 16.5. The van der Waals surface area contributed by atoms with Crippen molar-refractivity contribution in [3.63, 3.8) is 0 Å². The second kappa shape index (κ2) is 8.28. The number of carbonyl (C=O) groups excluding carboxylic acids is 1. The van der Waals surface area contributed by atoms with Crippen LogP contribution in [0.2, 0.25) is 0 Å². The summed E-state index contributed by atoms with van der Waals surface area (Å²) in [6.07, 6.45) is 1.09. The van der Waals surface area contributed by atoms with Crippen LogP contribution in [-0.4, -0.2) is 33.9 Å². The van der Waals surface area contributed by atoms with Crippen LogP contribution in [0.1, 0.15) is 25.2 Å². The molecule has 1 heterocycles. The van der Waals surface area contributed by atoms with Crippen molar-refractivity contribution >= 4 is 5.91 Å². The Morgan fingerprint density at radius 1 is 1.43 bits per heavy atom. The zero-order valence-corrected chi connectivity index (χ0v) is 13.7. The quantitative estimate of drug-likeness (QED) is 0.798. The number of hydrogen-bond donors (Lipinski definition) is 1. The lowest BCUT2D eigenvalue weighted by Crippen LogP contribution is -2.34. The van der Waals surface area contributed by atoms with Gasteiger partial charge in [-0.2, -0.15) is 0 Å². The summed E-state index contributed by atoms with van der Waals surface area (Å²) in [4.78, 5) is 12.1. The van der Waals surface area contributed by atoms with E-state index in [1.165, 1.54) is 0 Å². The van der Waals surface area contributed by atoms with E-state index >= 15 is 0 Å². The zero-order chi connectivity index (χ0) is 16.7. The number of methoxy groups -OCH3 is 1. The van der Waals surface area contributed by atoms with E-state index in [2.05, 4.69) is 15.5 Å². The van der Waals surface area contributed by atoms with Crippen molar-refractivity contribution in [1.29, 1.82) is 0 Å². The fraction of sp³-hybridized carbons (Fsp3) is 0.438. The van der Waals surface area contributed by atoms with E-state index in [-0.39, 0.29) is 5.91 Å². The summed E-state index contributed by atoms with van der Waals surface area (Å²) in [5, 5.41) is 10.6. The number of nitrogens with zero attached hydrogens (tertiary/aromatic N) is 3. The van der Waals surface area contributed by atoms with Crippen molar-refractivity contribution in [3.05, 3.63) is 42.0 Å².